The van der Waals surface area contributed by atoms with Crippen molar-refractivity contribution in [1.82, 2.24) is 10.6 Å². The molecule has 2 saturated carbocycles. The number of fused-ring (bicyclic) bond motifs is 1. The molecule has 3 aliphatic rings. The van der Waals surface area contributed by atoms with E-state index in [-0.39, 0.29) is 11.7 Å². The van der Waals surface area contributed by atoms with Gasteiger partial charge in [-0.2, -0.15) is 0 Å². The first kappa shape index (κ1) is 14.9. The van der Waals surface area contributed by atoms with Gasteiger partial charge in [0.05, 0.1) is 6.04 Å². The maximum Gasteiger partial charge on any atom is 0.288 e. The lowest BCUT2D eigenvalue weighted by molar-refractivity contribution is -0.141. The minimum Gasteiger partial charge on any atom is -0.344 e. The zero-order valence-corrected chi connectivity index (χ0v) is 12.4. The molecule has 1 saturated heterocycles. The Morgan fingerprint density at radius 2 is 1.71 bits per heavy atom. The number of carbonyl (C=O) groups excluding carboxylic acids is 2. The fraction of sp³-hybridized carbons (Fsp3) is 0.875. The van der Waals surface area contributed by atoms with Gasteiger partial charge in [-0.3, -0.25) is 9.59 Å². The maximum atomic E-state index is 13.8. The summed E-state index contributed by atoms with van der Waals surface area (Å²) in [6, 6.07) is -0.0733. The van der Waals surface area contributed by atoms with Crippen molar-refractivity contribution in [2.24, 2.45) is 11.8 Å². The first-order chi connectivity index (χ1) is 10.2. The summed E-state index contributed by atoms with van der Waals surface area (Å²) in [6.07, 6.45) is 6.41. The van der Waals surface area contributed by atoms with Gasteiger partial charge in [0.15, 0.2) is 0 Å². The second kappa shape index (κ2) is 6.42. The van der Waals surface area contributed by atoms with E-state index in [9.17, 15) is 14.0 Å². The van der Waals surface area contributed by atoms with Crippen LogP contribution in [0.4, 0.5) is 4.39 Å². The second-order valence-corrected chi connectivity index (χ2v) is 6.81. The van der Waals surface area contributed by atoms with Crippen LogP contribution in [-0.4, -0.2) is 36.5 Å². The topological polar surface area (TPSA) is 58.2 Å². The Bertz CT molecular complexity index is 415. The summed E-state index contributed by atoms with van der Waals surface area (Å²) in [4.78, 5) is 24.6. The van der Waals surface area contributed by atoms with E-state index < -0.39 is 18.1 Å². The van der Waals surface area contributed by atoms with E-state index in [0.29, 0.717) is 31.3 Å². The largest absolute Gasteiger partial charge is 0.344 e. The van der Waals surface area contributed by atoms with Crippen molar-refractivity contribution in [1.29, 1.82) is 0 Å². The van der Waals surface area contributed by atoms with Gasteiger partial charge in [0, 0.05) is 18.5 Å². The molecule has 2 aliphatic carbocycles. The summed E-state index contributed by atoms with van der Waals surface area (Å²) in [5.41, 5.74) is 0. The molecule has 0 radical (unpaired) electrons. The third kappa shape index (κ3) is 3.12. The van der Waals surface area contributed by atoms with E-state index in [2.05, 4.69) is 10.6 Å². The molecule has 21 heavy (non-hydrogen) atoms. The standard InChI is InChI=1S/C16H25FN2O2/c17-12-6-2-4-8-14(12)19-16(21)15(20)11-9-18-13-7-3-1-5-10(11)13/h10-14,18H,1-9H2,(H,19,21). The molecule has 0 spiro atoms. The average Bonchev–Trinajstić information content (AvgIpc) is 2.92. The van der Waals surface area contributed by atoms with E-state index in [1.165, 1.54) is 6.42 Å². The van der Waals surface area contributed by atoms with Crippen molar-refractivity contribution >= 4 is 11.7 Å². The Balaban J connectivity index is 1.58. The van der Waals surface area contributed by atoms with Gasteiger partial charge in [0.25, 0.3) is 5.91 Å². The van der Waals surface area contributed by atoms with Crippen LogP contribution in [0.3, 0.4) is 0 Å². The molecule has 0 bridgehead atoms. The van der Waals surface area contributed by atoms with Crippen LogP contribution in [0.1, 0.15) is 51.4 Å². The summed E-state index contributed by atoms with van der Waals surface area (Å²) >= 11 is 0. The van der Waals surface area contributed by atoms with Crippen LogP contribution in [0.2, 0.25) is 0 Å². The molecule has 5 atom stereocenters. The first-order valence-corrected chi connectivity index (χ1v) is 8.39. The van der Waals surface area contributed by atoms with Crippen LogP contribution in [0.5, 0.6) is 0 Å². The number of Topliss-reactive ketones (excluding diaryl/α,β-unsaturated/α-hetero) is 1. The first-order valence-electron chi connectivity index (χ1n) is 8.39. The van der Waals surface area contributed by atoms with Gasteiger partial charge in [-0.25, -0.2) is 4.39 Å². The van der Waals surface area contributed by atoms with Crippen molar-refractivity contribution in [2.45, 2.75) is 69.6 Å². The summed E-state index contributed by atoms with van der Waals surface area (Å²) in [5.74, 6) is -0.821. The van der Waals surface area contributed by atoms with Gasteiger partial charge in [0.2, 0.25) is 5.78 Å². The Hall–Kier alpha value is -0.970. The highest BCUT2D eigenvalue weighted by molar-refractivity contribution is 6.37. The van der Waals surface area contributed by atoms with Crippen molar-refractivity contribution in [3.05, 3.63) is 0 Å². The fourth-order valence-electron chi connectivity index (χ4n) is 4.27. The lowest BCUT2D eigenvalue weighted by Gasteiger charge is -2.29. The van der Waals surface area contributed by atoms with Crippen LogP contribution in [-0.2, 0) is 9.59 Å². The van der Waals surface area contributed by atoms with Gasteiger partial charge in [-0.15, -0.1) is 0 Å². The Morgan fingerprint density at radius 3 is 2.52 bits per heavy atom. The molecular weight excluding hydrogens is 271 g/mol. The minimum atomic E-state index is -1.00. The number of alkyl halides is 1. The second-order valence-electron chi connectivity index (χ2n) is 6.81. The minimum absolute atomic E-state index is 0.211. The molecule has 1 amide bonds. The number of halogens is 1. The number of nitrogens with one attached hydrogen (secondary N) is 2. The normalized spacial score (nSPS) is 39.6. The number of hydrogen-bond donors (Lipinski definition) is 2. The molecule has 0 aromatic heterocycles. The van der Waals surface area contributed by atoms with E-state index in [1.807, 2.05) is 0 Å². The Labute approximate surface area is 125 Å². The monoisotopic (exact) mass is 296 g/mol. The quantitative estimate of drug-likeness (QED) is 0.780. The number of hydrogen-bond acceptors (Lipinski definition) is 3. The highest BCUT2D eigenvalue weighted by Crippen LogP contribution is 2.35. The number of ketones is 1. The van der Waals surface area contributed by atoms with Gasteiger partial charge < -0.3 is 10.6 Å². The third-order valence-corrected chi connectivity index (χ3v) is 5.49. The third-order valence-electron chi connectivity index (χ3n) is 5.49. The number of rotatable bonds is 3. The number of amides is 1. The molecule has 3 rings (SSSR count). The molecule has 4 nitrogen and oxygen atoms in total. The van der Waals surface area contributed by atoms with E-state index in [1.54, 1.807) is 0 Å². The zero-order valence-electron chi connectivity index (χ0n) is 12.4. The van der Waals surface area contributed by atoms with Crippen LogP contribution < -0.4 is 10.6 Å². The molecule has 2 N–H and O–H groups in total. The SMILES string of the molecule is O=C(NC1CCCCC1F)C(=O)C1CNC2CCCCC21. The van der Waals surface area contributed by atoms with Crippen molar-refractivity contribution < 1.29 is 14.0 Å². The zero-order chi connectivity index (χ0) is 14.8. The van der Waals surface area contributed by atoms with Gasteiger partial charge in [-0.05, 0) is 31.6 Å². The molecule has 1 aliphatic heterocycles. The van der Waals surface area contributed by atoms with E-state index in [4.69, 9.17) is 0 Å². The molecule has 3 fully saturated rings. The number of carbonyl (C=O) groups is 2. The fourth-order valence-corrected chi connectivity index (χ4v) is 4.27. The van der Waals surface area contributed by atoms with Crippen LogP contribution in [0, 0.1) is 11.8 Å². The van der Waals surface area contributed by atoms with Gasteiger partial charge in [0.1, 0.15) is 6.17 Å². The maximum absolute atomic E-state index is 13.8. The van der Waals surface area contributed by atoms with Gasteiger partial charge >= 0.3 is 0 Å². The van der Waals surface area contributed by atoms with Gasteiger partial charge in [-0.1, -0.05) is 25.7 Å². The lowest BCUT2D eigenvalue weighted by atomic mass is 9.78. The molecule has 5 heteroatoms. The van der Waals surface area contributed by atoms with Crippen LogP contribution >= 0.6 is 0 Å². The van der Waals surface area contributed by atoms with Crippen molar-refractivity contribution in [2.75, 3.05) is 6.54 Å². The molecule has 0 aromatic rings. The highest BCUT2D eigenvalue weighted by atomic mass is 19.1. The summed E-state index contributed by atoms with van der Waals surface area (Å²) < 4.78 is 13.8. The Morgan fingerprint density at radius 1 is 1.00 bits per heavy atom. The van der Waals surface area contributed by atoms with E-state index >= 15 is 0 Å². The summed E-state index contributed by atoms with van der Waals surface area (Å²) in [6.45, 7) is 0.602. The molecular formula is C16H25FN2O2. The predicted molar refractivity (Wildman–Crippen MR) is 77.5 cm³/mol. The average molecular weight is 296 g/mol. The van der Waals surface area contributed by atoms with Crippen molar-refractivity contribution in [3.63, 3.8) is 0 Å². The summed E-state index contributed by atoms with van der Waals surface area (Å²) in [7, 11) is 0. The predicted octanol–water partition coefficient (Wildman–Crippen LogP) is 1.73. The van der Waals surface area contributed by atoms with Crippen molar-refractivity contribution in [3.8, 4) is 0 Å². The Kier molecular flexibility index (Phi) is 4.57. The summed E-state index contributed by atoms with van der Waals surface area (Å²) in [5, 5.41) is 6.03. The molecule has 118 valence electrons. The van der Waals surface area contributed by atoms with Crippen LogP contribution in [0.25, 0.3) is 0 Å². The molecule has 5 unspecified atom stereocenters. The smallest absolute Gasteiger partial charge is 0.288 e. The van der Waals surface area contributed by atoms with Crippen LogP contribution in [0.15, 0.2) is 0 Å². The van der Waals surface area contributed by atoms with E-state index in [0.717, 1.165) is 32.1 Å². The lowest BCUT2D eigenvalue weighted by Crippen LogP contribution is -2.48. The highest BCUT2D eigenvalue weighted by Gasteiger charge is 2.43. The molecule has 1 heterocycles. The molecule has 0 aromatic carbocycles.